The number of nitrogens with zero attached hydrogens (tertiary/aromatic N) is 1. The van der Waals surface area contributed by atoms with Gasteiger partial charge in [0, 0.05) is 29.3 Å². The van der Waals surface area contributed by atoms with Gasteiger partial charge < -0.3 is 9.47 Å². The van der Waals surface area contributed by atoms with Crippen LogP contribution in [0.2, 0.25) is 0 Å². The topological polar surface area (TPSA) is 65.0 Å². The number of rotatable bonds is 4. The van der Waals surface area contributed by atoms with Gasteiger partial charge in [-0.2, -0.15) is 0 Å². The maximum Gasteiger partial charge on any atom is 0.315 e. The van der Waals surface area contributed by atoms with Crippen LogP contribution < -0.4 is 4.74 Å². The van der Waals surface area contributed by atoms with Crippen LogP contribution in [-0.4, -0.2) is 24.6 Å². The van der Waals surface area contributed by atoms with Crippen molar-refractivity contribution in [2.24, 2.45) is 10.9 Å². The van der Waals surface area contributed by atoms with E-state index in [0.29, 0.717) is 23.5 Å². The molecule has 2 atom stereocenters. The zero-order chi connectivity index (χ0) is 20.4. The predicted octanol–water partition coefficient (Wildman–Crippen LogP) is 4.83. The summed E-state index contributed by atoms with van der Waals surface area (Å²) in [4.78, 5) is 30.1. The molecular formula is C24H23NO4. The average molecular weight is 389 g/mol. The maximum atomic E-state index is 12.8. The summed E-state index contributed by atoms with van der Waals surface area (Å²) in [5, 5.41) is 0. The van der Waals surface area contributed by atoms with Crippen molar-refractivity contribution < 1.29 is 19.1 Å². The van der Waals surface area contributed by atoms with Crippen LogP contribution in [0.15, 0.2) is 70.9 Å². The van der Waals surface area contributed by atoms with E-state index in [1.165, 1.54) is 7.11 Å². The minimum atomic E-state index is -0.618. The molecule has 5 nitrogen and oxygen atoms in total. The molecule has 148 valence electrons. The van der Waals surface area contributed by atoms with Gasteiger partial charge in [0.25, 0.3) is 0 Å². The molecule has 0 spiro atoms. The van der Waals surface area contributed by atoms with Gasteiger partial charge in [0.1, 0.15) is 17.4 Å². The molecule has 29 heavy (non-hydrogen) atoms. The summed E-state index contributed by atoms with van der Waals surface area (Å²) in [6, 6.07) is 17.1. The highest BCUT2D eigenvalue weighted by molar-refractivity contribution is 6.08. The number of Topliss-reactive ketones (excluding diaryl/α,β-unsaturated/α-hetero) is 1. The second-order valence-corrected chi connectivity index (χ2v) is 7.36. The van der Waals surface area contributed by atoms with E-state index >= 15 is 0 Å². The van der Waals surface area contributed by atoms with E-state index in [9.17, 15) is 9.59 Å². The van der Waals surface area contributed by atoms with Crippen molar-refractivity contribution in [2.75, 3.05) is 7.11 Å². The molecule has 0 saturated carbocycles. The molecule has 0 N–H and O–H groups in total. The van der Waals surface area contributed by atoms with Gasteiger partial charge in [0.2, 0.25) is 0 Å². The van der Waals surface area contributed by atoms with Gasteiger partial charge in [0.05, 0.1) is 7.11 Å². The predicted molar refractivity (Wildman–Crippen MR) is 110 cm³/mol. The Morgan fingerprint density at radius 3 is 2.55 bits per heavy atom. The normalized spacial score (nSPS) is 21.3. The molecule has 1 aliphatic carbocycles. The second kappa shape index (κ2) is 8.03. The Balaban J connectivity index is 1.78. The molecule has 2 aliphatic rings. The lowest BCUT2D eigenvalue weighted by Crippen LogP contribution is -2.36. The minimum Gasteiger partial charge on any atom is -0.468 e. The van der Waals surface area contributed by atoms with Crippen LogP contribution in [0, 0.1) is 5.92 Å². The molecule has 4 rings (SSSR count). The first-order valence-corrected chi connectivity index (χ1v) is 9.80. The van der Waals surface area contributed by atoms with Crippen molar-refractivity contribution in [2.45, 2.75) is 32.1 Å². The van der Waals surface area contributed by atoms with Gasteiger partial charge in [-0.25, -0.2) is 0 Å². The average Bonchev–Trinajstić information content (AvgIpc) is 2.73. The number of aliphatic imine (C=N–C) groups is 1. The molecule has 1 unspecified atom stereocenters. The lowest BCUT2D eigenvalue weighted by atomic mass is 9.72. The number of hydrogen-bond donors (Lipinski definition) is 0. The number of allylic oxidation sites excluding steroid dienone is 2. The van der Waals surface area contributed by atoms with Gasteiger partial charge in [-0.3, -0.25) is 14.6 Å². The molecule has 2 aromatic rings. The molecule has 1 heterocycles. The van der Waals surface area contributed by atoms with Gasteiger partial charge in [-0.1, -0.05) is 30.3 Å². The molecule has 0 radical (unpaired) electrons. The van der Waals surface area contributed by atoms with Crippen molar-refractivity contribution >= 4 is 17.5 Å². The molecule has 1 aliphatic heterocycles. The van der Waals surface area contributed by atoms with Crippen LogP contribution in [-0.2, 0) is 14.3 Å². The van der Waals surface area contributed by atoms with Gasteiger partial charge in [-0.15, -0.1) is 0 Å². The molecule has 0 bridgehead atoms. The third kappa shape index (κ3) is 3.73. The highest BCUT2D eigenvalue weighted by Crippen LogP contribution is 2.44. The number of carbonyl (C=O) groups excluding carboxylic acids is 2. The highest BCUT2D eigenvalue weighted by Gasteiger charge is 2.42. The zero-order valence-electron chi connectivity index (χ0n) is 16.6. The number of hydrogen-bond acceptors (Lipinski definition) is 5. The second-order valence-electron chi connectivity index (χ2n) is 7.36. The number of ketones is 1. The van der Waals surface area contributed by atoms with Crippen molar-refractivity contribution in [1.29, 1.82) is 0 Å². The molecule has 0 fully saturated rings. The Bertz CT molecular complexity index is 1010. The lowest BCUT2D eigenvalue weighted by molar-refractivity contribution is -0.143. The summed E-state index contributed by atoms with van der Waals surface area (Å²) in [5.41, 5.74) is 2.99. The molecule has 0 saturated heterocycles. The third-order valence-electron chi connectivity index (χ3n) is 5.49. The first-order chi connectivity index (χ1) is 14.1. The fourth-order valence-electron chi connectivity index (χ4n) is 4.19. The quantitative estimate of drug-likeness (QED) is 0.703. The maximum absolute atomic E-state index is 12.8. The Morgan fingerprint density at radius 2 is 1.79 bits per heavy atom. The summed E-state index contributed by atoms with van der Waals surface area (Å²) in [6.45, 7) is 1.84. The van der Waals surface area contributed by atoms with Crippen LogP contribution >= 0.6 is 0 Å². The molecule has 0 amide bonds. The summed E-state index contributed by atoms with van der Waals surface area (Å²) in [5.74, 6) is 0.0354. The molecule has 5 heteroatoms. The monoisotopic (exact) mass is 389 g/mol. The highest BCUT2D eigenvalue weighted by atomic mass is 16.5. The van der Waals surface area contributed by atoms with Gasteiger partial charge in [-0.05, 0) is 49.6 Å². The minimum absolute atomic E-state index is 0.0655. The van der Waals surface area contributed by atoms with E-state index in [0.717, 1.165) is 29.9 Å². The van der Waals surface area contributed by atoms with Crippen LogP contribution in [0.4, 0.5) is 0 Å². The Labute approximate surface area is 170 Å². The number of para-hydroxylation sites is 1. The zero-order valence-corrected chi connectivity index (χ0v) is 16.6. The Kier molecular flexibility index (Phi) is 5.30. The summed E-state index contributed by atoms with van der Waals surface area (Å²) in [6.07, 6.45) is 2.03. The molecule has 2 aromatic carbocycles. The number of methoxy groups -OCH3 is 1. The van der Waals surface area contributed by atoms with Gasteiger partial charge >= 0.3 is 5.97 Å². The lowest BCUT2D eigenvalue weighted by Gasteiger charge is -2.34. The fraction of sp³-hybridized carbons (Fsp3) is 0.292. The number of esters is 1. The van der Waals surface area contributed by atoms with Crippen molar-refractivity contribution in [3.63, 3.8) is 0 Å². The Hall–Kier alpha value is -3.21. The van der Waals surface area contributed by atoms with Crippen LogP contribution in [0.5, 0.6) is 11.5 Å². The van der Waals surface area contributed by atoms with Crippen LogP contribution in [0.1, 0.15) is 37.7 Å². The third-order valence-corrected chi connectivity index (χ3v) is 5.49. The molecular weight excluding hydrogens is 366 g/mol. The first-order valence-electron chi connectivity index (χ1n) is 9.80. The standard InChI is InChI=1S/C24H23NO4/c1-15-21(24(27)28-2)22(23-19(25-15)12-7-13-20(23)26)16-8-6-11-18(14-16)29-17-9-4-3-5-10-17/h3-6,8-11,14,21-22H,7,12-13H2,1-2H3/t21?,22-/m0/s1. The Morgan fingerprint density at radius 1 is 1.03 bits per heavy atom. The van der Waals surface area contributed by atoms with Crippen molar-refractivity contribution in [1.82, 2.24) is 0 Å². The fourth-order valence-corrected chi connectivity index (χ4v) is 4.19. The van der Waals surface area contributed by atoms with E-state index in [1.54, 1.807) is 0 Å². The summed E-state index contributed by atoms with van der Waals surface area (Å²) < 4.78 is 11.0. The van der Waals surface area contributed by atoms with Crippen LogP contribution in [0.3, 0.4) is 0 Å². The largest absolute Gasteiger partial charge is 0.468 e. The first kappa shape index (κ1) is 19.1. The van der Waals surface area contributed by atoms with Crippen molar-refractivity contribution in [3.8, 4) is 11.5 Å². The van der Waals surface area contributed by atoms with Crippen LogP contribution in [0.25, 0.3) is 0 Å². The van der Waals surface area contributed by atoms with E-state index < -0.39 is 11.8 Å². The number of benzene rings is 2. The van der Waals surface area contributed by atoms with E-state index in [2.05, 4.69) is 4.99 Å². The van der Waals surface area contributed by atoms with E-state index in [-0.39, 0.29) is 11.8 Å². The number of carbonyl (C=O) groups is 2. The number of ether oxygens (including phenoxy) is 2. The smallest absolute Gasteiger partial charge is 0.315 e. The van der Waals surface area contributed by atoms with Crippen molar-refractivity contribution in [3.05, 3.63) is 71.4 Å². The van der Waals surface area contributed by atoms with E-state index in [4.69, 9.17) is 9.47 Å². The SMILES string of the molecule is COC(=O)C1C(C)=NC2=C(C(=O)CCC2)[C@H]1c1cccc(Oc2ccccc2)c1. The molecule has 0 aromatic heterocycles. The van der Waals surface area contributed by atoms with E-state index in [1.807, 2.05) is 61.5 Å². The summed E-state index contributed by atoms with van der Waals surface area (Å²) >= 11 is 0. The van der Waals surface area contributed by atoms with Gasteiger partial charge in [0.15, 0.2) is 5.78 Å². The summed E-state index contributed by atoms with van der Waals surface area (Å²) in [7, 11) is 1.37.